The lowest BCUT2D eigenvalue weighted by atomic mass is 10.0. The van der Waals surface area contributed by atoms with E-state index in [9.17, 15) is 0 Å². The van der Waals surface area contributed by atoms with Crippen LogP contribution in [-0.4, -0.2) is 28.4 Å². The molecule has 2 atom stereocenters. The Morgan fingerprint density at radius 1 is 1.59 bits per heavy atom. The molecule has 2 rings (SSSR count). The van der Waals surface area contributed by atoms with Gasteiger partial charge in [-0.15, -0.1) is 0 Å². The Labute approximate surface area is 102 Å². The second-order valence-electron chi connectivity index (χ2n) is 4.77. The van der Waals surface area contributed by atoms with E-state index in [1.54, 1.807) is 4.68 Å². The van der Waals surface area contributed by atoms with Crippen LogP contribution in [0.15, 0.2) is 0 Å². The molecule has 1 aliphatic rings. The highest BCUT2D eigenvalue weighted by Gasteiger charge is 2.21. The average molecular weight is 233 g/mol. The van der Waals surface area contributed by atoms with Gasteiger partial charge in [0.1, 0.15) is 17.5 Å². The molecule has 0 aromatic carbocycles. The van der Waals surface area contributed by atoms with Crippen LogP contribution in [0.3, 0.4) is 0 Å². The Hall–Kier alpha value is -1.54. The summed E-state index contributed by atoms with van der Waals surface area (Å²) in [5.41, 5.74) is 1.46. The van der Waals surface area contributed by atoms with Gasteiger partial charge in [0.15, 0.2) is 0 Å². The number of nitriles is 1. The number of rotatable bonds is 2. The summed E-state index contributed by atoms with van der Waals surface area (Å²) in [7, 11) is 1.88. The lowest BCUT2D eigenvalue weighted by molar-refractivity contribution is 0.395. The van der Waals surface area contributed by atoms with Gasteiger partial charge < -0.3 is 10.6 Å². The second-order valence-corrected chi connectivity index (χ2v) is 4.77. The third kappa shape index (κ3) is 2.42. The number of nitrogens with zero attached hydrogens (tertiary/aromatic N) is 3. The van der Waals surface area contributed by atoms with Crippen LogP contribution in [0.2, 0.25) is 0 Å². The van der Waals surface area contributed by atoms with E-state index in [0.29, 0.717) is 17.6 Å². The van der Waals surface area contributed by atoms with Crippen LogP contribution in [0.4, 0.5) is 5.82 Å². The number of hydrogen-bond acceptors (Lipinski definition) is 4. The number of aromatic nitrogens is 2. The summed E-state index contributed by atoms with van der Waals surface area (Å²) in [6.07, 6.45) is 2.16. The van der Waals surface area contributed by atoms with Crippen LogP contribution >= 0.6 is 0 Å². The van der Waals surface area contributed by atoms with Crippen molar-refractivity contribution >= 4 is 5.82 Å². The average Bonchev–Trinajstić information content (AvgIpc) is 2.53. The van der Waals surface area contributed by atoms with Gasteiger partial charge in [-0.25, -0.2) is 0 Å². The van der Waals surface area contributed by atoms with Crippen molar-refractivity contribution in [3.05, 3.63) is 11.3 Å². The minimum absolute atomic E-state index is 0.424. The lowest BCUT2D eigenvalue weighted by Gasteiger charge is -2.29. The fourth-order valence-corrected chi connectivity index (χ4v) is 2.41. The zero-order chi connectivity index (χ0) is 12.4. The Bertz CT molecular complexity index is 442. The monoisotopic (exact) mass is 233 g/mol. The van der Waals surface area contributed by atoms with Gasteiger partial charge in [-0.05, 0) is 33.2 Å². The van der Waals surface area contributed by atoms with E-state index in [1.807, 2.05) is 14.0 Å². The second kappa shape index (κ2) is 4.76. The molecule has 0 spiro atoms. The maximum Gasteiger partial charge on any atom is 0.142 e. The van der Waals surface area contributed by atoms with Crippen molar-refractivity contribution in [2.45, 2.75) is 38.8 Å². The molecule has 1 aromatic rings. The third-order valence-electron chi connectivity index (χ3n) is 3.30. The topological polar surface area (TPSA) is 65.7 Å². The molecule has 17 heavy (non-hydrogen) atoms. The van der Waals surface area contributed by atoms with Crippen molar-refractivity contribution in [1.29, 1.82) is 5.26 Å². The molecular formula is C12H19N5. The lowest BCUT2D eigenvalue weighted by Crippen LogP contribution is -2.41. The minimum atomic E-state index is 0.424. The SMILES string of the molecule is Cc1nn(C)c(NC2CCNC(C)C2)c1C#N. The van der Waals surface area contributed by atoms with Crippen LogP contribution in [0.1, 0.15) is 31.0 Å². The summed E-state index contributed by atoms with van der Waals surface area (Å²) in [6, 6.07) is 3.18. The maximum absolute atomic E-state index is 9.14. The van der Waals surface area contributed by atoms with Gasteiger partial charge in [-0.2, -0.15) is 10.4 Å². The van der Waals surface area contributed by atoms with Crippen molar-refractivity contribution in [3.8, 4) is 6.07 Å². The van der Waals surface area contributed by atoms with Crippen molar-refractivity contribution in [3.63, 3.8) is 0 Å². The Kier molecular flexibility index (Phi) is 3.34. The molecule has 1 aromatic heterocycles. The first-order chi connectivity index (χ1) is 8.11. The first-order valence-corrected chi connectivity index (χ1v) is 6.05. The summed E-state index contributed by atoms with van der Waals surface area (Å²) in [4.78, 5) is 0. The summed E-state index contributed by atoms with van der Waals surface area (Å²) in [6.45, 7) is 5.08. The normalized spacial score (nSPS) is 24.4. The fraction of sp³-hybridized carbons (Fsp3) is 0.667. The number of nitrogens with one attached hydrogen (secondary N) is 2. The molecule has 0 bridgehead atoms. The van der Waals surface area contributed by atoms with Crippen LogP contribution in [0.25, 0.3) is 0 Å². The molecule has 5 heteroatoms. The molecule has 0 aliphatic carbocycles. The molecule has 2 N–H and O–H groups in total. The molecule has 92 valence electrons. The predicted octanol–water partition coefficient (Wildman–Crippen LogP) is 1.15. The fourth-order valence-electron chi connectivity index (χ4n) is 2.41. The summed E-state index contributed by atoms with van der Waals surface area (Å²) in [5.74, 6) is 0.851. The predicted molar refractivity (Wildman–Crippen MR) is 66.8 cm³/mol. The van der Waals surface area contributed by atoms with E-state index in [0.717, 1.165) is 30.9 Å². The zero-order valence-corrected chi connectivity index (χ0v) is 10.6. The molecule has 1 aliphatic heterocycles. The highest BCUT2D eigenvalue weighted by atomic mass is 15.3. The summed E-state index contributed by atoms with van der Waals surface area (Å²) < 4.78 is 1.76. The molecular weight excluding hydrogens is 214 g/mol. The summed E-state index contributed by atoms with van der Waals surface area (Å²) >= 11 is 0. The van der Waals surface area contributed by atoms with Gasteiger partial charge in [0.25, 0.3) is 0 Å². The van der Waals surface area contributed by atoms with Crippen LogP contribution in [0.5, 0.6) is 0 Å². The Morgan fingerprint density at radius 2 is 2.35 bits per heavy atom. The van der Waals surface area contributed by atoms with Crippen molar-refractivity contribution in [2.24, 2.45) is 7.05 Å². The van der Waals surface area contributed by atoms with E-state index in [1.165, 1.54) is 0 Å². The smallest absolute Gasteiger partial charge is 0.142 e. The van der Waals surface area contributed by atoms with E-state index in [2.05, 4.69) is 28.7 Å². The van der Waals surface area contributed by atoms with Gasteiger partial charge in [-0.1, -0.05) is 0 Å². The van der Waals surface area contributed by atoms with Crippen LogP contribution in [-0.2, 0) is 7.05 Å². The van der Waals surface area contributed by atoms with Crippen molar-refractivity contribution in [1.82, 2.24) is 15.1 Å². The number of aryl methyl sites for hydroxylation is 2. The van der Waals surface area contributed by atoms with Gasteiger partial charge in [-0.3, -0.25) is 4.68 Å². The van der Waals surface area contributed by atoms with E-state index >= 15 is 0 Å². The molecule has 0 saturated carbocycles. The van der Waals surface area contributed by atoms with Crippen molar-refractivity contribution in [2.75, 3.05) is 11.9 Å². The van der Waals surface area contributed by atoms with E-state index in [-0.39, 0.29) is 0 Å². The highest BCUT2D eigenvalue weighted by molar-refractivity contribution is 5.55. The molecule has 0 amide bonds. The van der Waals surface area contributed by atoms with Gasteiger partial charge in [0.2, 0.25) is 0 Å². The van der Waals surface area contributed by atoms with Crippen LogP contribution < -0.4 is 10.6 Å². The summed E-state index contributed by atoms with van der Waals surface area (Å²) in [5, 5.41) is 20.3. The largest absolute Gasteiger partial charge is 0.366 e. The quantitative estimate of drug-likeness (QED) is 0.804. The van der Waals surface area contributed by atoms with Gasteiger partial charge >= 0.3 is 0 Å². The number of hydrogen-bond donors (Lipinski definition) is 2. The van der Waals surface area contributed by atoms with Gasteiger partial charge in [0, 0.05) is 19.1 Å². The van der Waals surface area contributed by atoms with Crippen molar-refractivity contribution < 1.29 is 0 Å². The molecule has 2 unspecified atom stereocenters. The molecule has 0 radical (unpaired) electrons. The first-order valence-electron chi connectivity index (χ1n) is 6.05. The molecule has 2 heterocycles. The van der Waals surface area contributed by atoms with E-state index in [4.69, 9.17) is 5.26 Å². The van der Waals surface area contributed by atoms with Crippen LogP contribution in [0, 0.1) is 18.3 Å². The number of piperidine rings is 1. The maximum atomic E-state index is 9.14. The standard InChI is InChI=1S/C12H19N5/c1-8-6-10(4-5-14-8)15-12-11(7-13)9(2)16-17(12)3/h8,10,14-15H,4-6H2,1-3H3. The Morgan fingerprint density at radius 3 is 3.00 bits per heavy atom. The molecule has 1 fully saturated rings. The zero-order valence-electron chi connectivity index (χ0n) is 10.6. The molecule has 5 nitrogen and oxygen atoms in total. The third-order valence-corrected chi connectivity index (χ3v) is 3.30. The minimum Gasteiger partial charge on any atom is -0.366 e. The van der Waals surface area contributed by atoms with Gasteiger partial charge in [0.05, 0.1) is 5.69 Å². The molecule has 1 saturated heterocycles. The number of anilines is 1. The Balaban J connectivity index is 2.15. The first kappa shape index (κ1) is 11.9. The van der Waals surface area contributed by atoms with E-state index < -0.39 is 0 Å². The highest BCUT2D eigenvalue weighted by Crippen LogP contribution is 2.21.